The van der Waals surface area contributed by atoms with E-state index in [4.69, 9.17) is 12.2 Å². The third-order valence-corrected chi connectivity index (χ3v) is 7.46. The number of aryl methyl sites for hydroxylation is 1. The predicted molar refractivity (Wildman–Crippen MR) is 128 cm³/mol. The van der Waals surface area contributed by atoms with Crippen LogP contribution in [-0.4, -0.2) is 25.9 Å². The summed E-state index contributed by atoms with van der Waals surface area (Å²) in [6.45, 7) is 3.45. The molecule has 0 saturated heterocycles. The van der Waals surface area contributed by atoms with Crippen molar-refractivity contribution >= 4 is 41.1 Å². The Kier molecular flexibility index (Phi) is 6.79. The smallest absolute Gasteiger partial charge is 0.318 e. The number of benzene rings is 2. The summed E-state index contributed by atoms with van der Waals surface area (Å²) >= 11 is 7.79. The highest BCUT2D eigenvalue weighted by Gasteiger charge is 2.31. The molecule has 4 aromatic rings. The molecule has 2 aromatic heterocycles. The van der Waals surface area contributed by atoms with Gasteiger partial charge in [-0.05, 0) is 74.6 Å². The molecule has 0 bridgehead atoms. The number of carbonyl (C=O) groups excluding carboxylic acids is 1. The number of hydrogen-bond acceptors (Lipinski definition) is 5. The van der Waals surface area contributed by atoms with Gasteiger partial charge in [0.05, 0.1) is 17.0 Å². The first-order valence-electron chi connectivity index (χ1n) is 9.93. The zero-order chi connectivity index (χ0) is 24.6. The fourth-order valence-electron chi connectivity index (χ4n) is 3.53. The molecule has 0 atom stereocenters. The summed E-state index contributed by atoms with van der Waals surface area (Å²) in [4.78, 5) is 12.9. The van der Waals surface area contributed by atoms with Crippen molar-refractivity contribution in [1.82, 2.24) is 14.3 Å². The van der Waals surface area contributed by atoms with Gasteiger partial charge >= 0.3 is 6.18 Å². The fourth-order valence-corrected chi connectivity index (χ4v) is 5.78. The van der Waals surface area contributed by atoms with E-state index in [1.54, 1.807) is 42.7 Å². The van der Waals surface area contributed by atoms with Crippen molar-refractivity contribution in [2.75, 3.05) is 5.75 Å². The van der Waals surface area contributed by atoms with E-state index in [1.807, 2.05) is 0 Å². The van der Waals surface area contributed by atoms with Crippen molar-refractivity contribution in [2.45, 2.75) is 24.4 Å². The number of carbonyl (C=O) groups is 1. The average molecular weight is 524 g/mol. The molecule has 0 N–H and O–H groups in total. The molecule has 0 radical (unpaired) electrons. The highest BCUT2D eigenvalue weighted by atomic mass is 32.2. The second-order valence-electron chi connectivity index (χ2n) is 7.40. The van der Waals surface area contributed by atoms with Gasteiger partial charge in [-0.25, -0.2) is 9.07 Å². The Bertz CT molecular complexity index is 1420. The molecular formula is C23H17F4N3OS3. The lowest BCUT2D eigenvalue weighted by Crippen LogP contribution is -2.08. The van der Waals surface area contributed by atoms with Crippen LogP contribution in [0.4, 0.5) is 17.6 Å². The number of hydrogen-bond donors (Lipinski definition) is 0. The van der Waals surface area contributed by atoms with Crippen LogP contribution >= 0.6 is 35.3 Å². The topological polar surface area (TPSA) is 39.8 Å². The Morgan fingerprint density at radius 1 is 1.09 bits per heavy atom. The van der Waals surface area contributed by atoms with E-state index in [9.17, 15) is 22.4 Å². The molecule has 0 unspecified atom stereocenters. The molecule has 0 amide bonds. The molecule has 0 saturated carbocycles. The van der Waals surface area contributed by atoms with Gasteiger partial charge in [-0.15, -0.1) is 5.10 Å². The lowest BCUT2D eigenvalue weighted by atomic mass is 10.1. The number of alkyl halides is 3. The van der Waals surface area contributed by atoms with Crippen LogP contribution in [0.25, 0.3) is 11.4 Å². The average Bonchev–Trinajstić information content (AvgIpc) is 3.30. The Morgan fingerprint density at radius 2 is 1.79 bits per heavy atom. The lowest BCUT2D eigenvalue weighted by molar-refractivity contribution is -0.137. The normalized spacial score (nSPS) is 11.7. The van der Waals surface area contributed by atoms with Crippen molar-refractivity contribution in [2.24, 2.45) is 0 Å². The zero-order valence-electron chi connectivity index (χ0n) is 17.9. The Balaban J connectivity index is 1.54. The Hall–Kier alpha value is -2.76. The van der Waals surface area contributed by atoms with Crippen LogP contribution < -0.4 is 0 Å². The quantitative estimate of drug-likeness (QED) is 0.116. The fraction of sp³-hybridized carbons (Fsp3) is 0.174. The summed E-state index contributed by atoms with van der Waals surface area (Å²) in [5, 5.41) is 4.41. The van der Waals surface area contributed by atoms with Gasteiger partial charge in [0.1, 0.15) is 5.82 Å². The van der Waals surface area contributed by atoms with Gasteiger partial charge in [0.15, 0.2) is 14.1 Å². The molecular weight excluding hydrogens is 506 g/mol. The van der Waals surface area contributed by atoms with Crippen LogP contribution in [0.5, 0.6) is 0 Å². The van der Waals surface area contributed by atoms with E-state index in [0.29, 0.717) is 36.6 Å². The standard InChI is InChI=1S/C23H17F4N3OS3/c1-13-10-19(14(2)29(13)18-5-3-4-15(11-18)23(25,26)27)20(31)12-33-21-28-30(22(32)34-21)17-8-6-16(24)7-9-17/h3-11H,12H2,1-2H3. The van der Waals surface area contributed by atoms with Crippen molar-refractivity contribution in [1.29, 1.82) is 0 Å². The van der Waals surface area contributed by atoms with Gasteiger partial charge in [0, 0.05) is 22.6 Å². The Morgan fingerprint density at radius 3 is 2.47 bits per heavy atom. The summed E-state index contributed by atoms with van der Waals surface area (Å²) in [6.07, 6.45) is -4.46. The Labute approximate surface area is 205 Å². The first-order chi connectivity index (χ1) is 16.0. The van der Waals surface area contributed by atoms with Gasteiger partial charge in [0.2, 0.25) is 0 Å². The minimum atomic E-state index is -4.46. The van der Waals surface area contributed by atoms with Crippen LogP contribution in [-0.2, 0) is 6.18 Å². The van der Waals surface area contributed by atoms with Crippen molar-refractivity contribution < 1.29 is 22.4 Å². The van der Waals surface area contributed by atoms with Gasteiger partial charge in [-0.1, -0.05) is 29.2 Å². The largest absolute Gasteiger partial charge is 0.416 e. The third-order valence-electron chi connectivity index (χ3n) is 5.09. The number of ketones is 1. The summed E-state index contributed by atoms with van der Waals surface area (Å²) < 4.78 is 56.8. The number of rotatable bonds is 6. The van der Waals surface area contributed by atoms with Gasteiger partial charge < -0.3 is 4.57 Å². The molecule has 0 aliphatic heterocycles. The van der Waals surface area contributed by atoms with E-state index >= 15 is 0 Å². The lowest BCUT2D eigenvalue weighted by Gasteiger charge is -2.13. The van der Waals surface area contributed by atoms with Crippen molar-refractivity contribution in [3.63, 3.8) is 0 Å². The van der Waals surface area contributed by atoms with E-state index in [0.717, 1.165) is 12.1 Å². The highest BCUT2D eigenvalue weighted by Crippen LogP contribution is 2.32. The maximum atomic E-state index is 13.2. The van der Waals surface area contributed by atoms with Gasteiger partial charge in [-0.2, -0.15) is 13.2 Å². The van der Waals surface area contributed by atoms with E-state index in [1.165, 1.54) is 46.0 Å². The maximum absolute atomic E-state index is 13.2. The first-order valence-corrected chi connectivity index (χ1v) is 12.1. The molecule has 0 aliphatic rings. The number of nitrogens with zero attached hydrogens (tertiary/aromatic N) is 3. The molecule has 0 spiro atoms. The summed E-state index contributed by atoms with van der Waals surface area (Å²) in [5.74, 6) is -0.460. The molecule has 34 heavy (non-hydrogen) atoms. The summed E-state index contributed by atoms with van der Waals surface area (Å²) in [6, 6.07) is 12.4. The van der Waals surface area contributed by atoms with Crippen LogP contribution in [0, 0.1) is 23.6 Å². The number of Topliss-reactive ketones (excluding diaryl/α,β-unsaturated/α-hetero) is 1. The molecule has 2 aromatic carbocycles. The predicted octanol–water partition coefficient (Wildman–Crippen LogP) is 7.20. The van der Waals surface area contributed by atoms with Crippen molar-refractivity contribution in [3.8, 4) is 11.4 Å². The minimum absolute atomic E-state index is 0.0819. The molecule has 176 valence electrons. The zero-order valence-corrected chi connectivity index (χ0v) is 20.3. The molecule has 0 aliphatic carbocycles. The van der Waals surface area contributed by atoms with Gasteiger partial charge in [0.25, 0.3) is 0 Å². The second kappa shape index (κ2) is 9.47. The van der Waals surface area contributed by atoms with E-state index in [2.05, 4.69) is 5.10 Å². The molecule has 4 nitrogen and oxygen atoms in total. The summed E-state index contributed by atoms with van der Waals surface area (Å²) in [7, 11) is 0. The summed E-state index contributed by atoms with van der Waals surface area (Å²) in [5.41, 5.74) is 1.86. The monoisotopic (exact) mass is 523 g/mol. The van der Waals surface area contributed by atoms with Crippen LogP contribution in [0.1, 0.15) is 27.3 Å². The van der Waals surface area contributed by atoms with E-state index < -0.39 is 11.7 Å². The number of thioether (sulfide) groups is 1. The van der Waals surface area contributed by atoms with Crippen LogP contribution in [0.15, 0.2) is 58.9 Å². The van der Waals surface area contributed by atoms with Crippen LogP contribution in [0.2, 0.25) is 0 Å². The highest BCUT2D eigenvalue weighted by molar-refractivity contribution is 8.01. The first kappa shape index (κ1) is 24.4. The second-order valence-corrected chi connectivity index (χ2v) is 10.2. The van der Waals surface area contributed by atoms with Gasteiger partial charge in [-0.3, -0.25) is 4.79 Å². The van der Waals surface area contributed by atoms with E-state index in [-0.39, 0.29) is 17.4 Å². The minimum Gasteiger partial charge on any atom is -0.318 e. The molecule has 4 rings (SSSR count). The third kappa shape index (κ3) is 5.01. The maximum Gasteiger partial charge on any atom is 0.416 e. The number of halogens is 4. The molecule has 2 heterocycles. The van der Waals surface area contributed by atoms with Crippen LogP contribution in [0.3, 0.4) is 0 Å². The SMILES string of the molecule is Cc1cc(C(=O)CSc2nn(-c3ccc(F)cc3)c(=S)s2)c(C)n1-c1cccc(C(F)(F)F)c1. The van der Waals surface area contributed by atoms with Crippen molar-refractivity contribution in [3.05, 3.63) is 86.9 Å². The number of aromatic nitrogens is 3. The molecule has 11 heteroatoms. The molecule has 0 fully saturated rings.